The Balaban J connectivity index is 2.07. The smallest absolute Gasteiger partial charge is 0.155 e. The summed E-state index contributed by atoms with van der Waals surface area (Å²) < 4.78 is 17.0. The first-order chi connectivity index (χ1) is 6.77. The minimum atomic E-state index is -0.105. The zero-order valence-electron chi connectivity index (χ0n) is 8.70. The molecule has 14 heavy (non-hydrogen) atoms. The predicted molar refractivity (Wildman–Crippen MR) is 53.0 cm³/mol. The molecule has 0 saturated carbocycles. The van der Waals surface area contributed by atoms with Crippen LogP contribution in [0, 0.1) is 0 Å². The average Bonchev–Trinajstić information content (AvgIpc) is 2.50. The lowest BCUT2D eigenvalue weighted by atomic mass is 9.89. The normalized spacial score (nSPS) is 42.9. The largest absolute Gasteiger partial charge is 0.375 e. The predicted octanol–water partition coefficient (Wildman–Crippen LogP) is 1.87. The molecular weight excluding hydrogens is 180 g/mol. The van der Waals surface area contributed by atoms with Gasteiger partial charge in [0.25, 0.3) is 0 Å². The maximum Gasteiger partial charge on any atom is 0.155 e. The Morgan fingerprint density at radius 1 is 1.36 bits per heavy atom. The molecule has 1 unspecified atom stereocenters. The van der Waals surface area contributed by atoms with Crippen LogP contribution in [0.4, 0.5) is 0 Å². The molecule has 3 heteroatoms. The van der Waals surface area contributed by atoms with Crippen molar-refractivity contribution in [2.45, 2.75) is 44.2 Å². The van der Waals surface area contributed by atoms with Crippen LogP contribution in [-0.2, 0) is 14.2 Å². The minimum absolute atomic E-state index is 0.0993. The van der Waals surface area contributed by atoms with E-state index in [4.69, 9.17) is 14.2 Å². The van der Waals surface area contributed by atoms with Crippen molar-refractivity contribution in [3.8, 4) is 0 Å². The lowest BCUT2D eigenvalue weighted by molar-refractivity contribution is -0.259. The standard InChI is InChI=1S/C11H18O3/c1-3-4-10-11(6-8-13-10)5-7-12-9(2)14-11/h3,9-10H,1,4-8H2,2H3/t9?,10-,11-/m1/s1. The third-order valence-corrected chi connectivity index (χ3v) is 3.09. The molecule has 2 rings (SSSR count). The summed E-state index contributed by atoms with van der Waals surface area (Å²) in [6, 6.07) is 0. The minimum Gasteiger partial charge on any atom is -0.375 e. The van der Waals surface area contributed by atoms with Gasteiger partial charge >= 0.3 is 0 Å². The topological polar surface area (TPSA) is 27.7 Å². The Labute approximate surface area is 85.0 Å². The number of hydrogen-bond acceptors (Lipinski definition) is 3. The highest BCUT2D eigenvalue weighted by Crippen LogP contribution is 2.38. The molecule has 0 aromatic heterocycles. The molecular formula is C11H18O3. The molecule has 80 valence electrons. The third-order valence-electron chi connectivity index (χ3n) is 3.09. The van der Waals surface area contributed by atoms with Gasteiger partial charge in [0.1, 0.15) is 5.60 Å². The molecule has 0 aromatic carbocycles. The maximum atomic E-state index is 5.90. The van der Waals surface area contributed by atoms with Crippen molar-refractivity contribution in [2.75, 3.05) is 13.2 Å². The van der Waals surface area contributed by atoms with E-state index in [1.807, 2.05) is 13.0 Å². The van der Waals surface area contributed by atoms with Crippen LogP contribution in [-0.4, -0.2) is 31.2 Å². The molecule has 0 radical (unpaired) electrons. The second-order valence-electron chi connectivity index (χ2n) is 4.00. The first-order valence-electron chi connectivity index (χ1n) is 5.29. The lowest BCUT2D eigenvalue weighted by Gasteiger charge is -2.40. The molecule has 3 atom stereocenters. The van der Waals surface area contributed by atoms with E-state index in [-0.39, 0.29) is 18.0 Å². The van der Waals surface area contributed by atoms with Crippen molar-refractivity contribution < 1.29 is 14.2 Å². The van der Waals surface area contributed by atoms with Gasteiger partial charge < -0.3 is 14.2 Å². The monoisotopic (exact) mass is 198 g/mol. The summed E-state index contributed by atoms with van der Waals surface area (Å²) in [5.74, 6) is 0. The highest BCUT2D eigenvalue weighted by Gasteiger charge is 2.47. The molecule has 0 amide bonds. The van der Waals surface area contributed by atoms with Gasteiger partial charge in [0.15, 0.2) is 6.29 Å². The van der Waals surface area contributed by atoms with E-state index in [1.54, 1.807) is 0 Å². The second kappa shape index (κ2) is 4.01. The second-order valence-corrected chi connectivity index (χ2v) is 4.00. The van der Waals surface area contributed by atoms with Gasteiger partial charge in [-0.1, -0.05) is 6.08 Å². The van der Waals surface area contributed by atoms with Gasteiger partial charge in [-0.3, -0.25) is 0 Å². The number of rotatable bonds is 2. The zero-order valence-corrected chi connectivity index (χ0v) is 8.70. The summed E-state index contributed by atoms with van der Waals surface area (Å²) >= 11 is 0. The van der Waals surface area contributed by atoms with E-state index in [9.17, 15) is 0 Å². The highest BCUT2D eigenvalue weighted by atomic mass is 16.7. The van der Waals surface area contributed by atoms with Crippen molar-refractivity contribution in [3.63, 3.8) is 0 Å². The van der Waals surface area contributed by atoms with E-state index in [1.165, 1.54) is 0 Å². The molecule has 3 nitrogen and oxygen atoms in total. The number of hydrogen-bond donors (Lipinski definition) is 0. The molecule has 2 heterocycles. The fourth-order valence-corrected chi connectivity index (χ4v) is 2.36. The molecule has 0 N–H and O–H groups in total. The molecule has 0 aromatic rings. The fourth-order valence-electron chi connectivity index (χ4n) is 2.36. The molecule has 0 bridgehead atoms. The third kappa shape index (κ3) is 1.72. The van der Waals surface area contributed by atoms with Gasteiger partial charge in [0.2, 0.25) is 0 Å². The Kier molecular flexibility index (Phi) is 2.91. The van der Waals surface area contributed by atoms with Crippen LogP contribution in [0.15, 0.2) is 12.7 Å². The quantitative estimate of drug-likeness (QED) is 0.634. The van der Waals surface area contributed by atoms with Crippen LogP contribution >= 0.6 is 0 Å². The first kappa shape index (κ1) is 10.1. The van der Waals surface area contributed by atoms with Gasteiger partial charge in [-0.05, 0) is 13.3 Å². The lowest BCUT2D eigenvalue weighted by Crippen LogP contribution is -2.48. The van der Waals surface area contributed by atoms with E-state index in [0.717, 1.165) is 32.5 Å². The van der Waals surface area contributed by atoms with Crippen LogP contribution in [0.2, 0.25) is 0 Å². The number of ether oxygens (including phenoxy) is 3. The van der Waals surface area contributed by atoms with E-state index in [2.05, 4.69) is 6.58 Å². The van der Waals surface area contributed by atoms with Gasteiger partial charge in [-0.2, -0.15) is 0 Å². The summed E-state index contributed by atoms with van der Waals surface area (Å²) in [5, 5.41) is 0. The Morgan fingerprint density at radius 3 is 2.71 bits per heavy atom. The summed E-state index contributed by atoms with van der Waals surface area (Å²) in [6.07, 6.45) is 4.77. The fraction of sp³-hybridized carbons (Fsp3) is 0.818. The van der Waals surface area contributed by atoms with Gasteiger partial charge in [0.05, 0.1) is 12.7 Å². The molecule has 1 spiro atoms. The SMILES string of the molecule is C=CC[C@H]1OCC[C@]12CCOC(C)O2. The van der Waals surface area contributed by atoms with Crippen molar-refractivity contribution >= 4 is 0 Å². The summed E-state index contributed by atoms with van der Waals surface area (Å²) in [7, 11) is 0. The van der Waals surface area contributed by atoms with Crippen molar-refractivity contribution in [1.82, 2.24) is 0 Å². The van der Waals surface area contributed by atoms with E-state index in [0.29, 0.717) is 0 Å². The summed E-state index contributed by atoms with van der Waals surface area (Å²) in [5.41, 5.74) is -0.105. The Hall–Kier alpha value is -0.380. The van der Waals surface area contributed by atoms with Crippen LogP contribution in [0.1, 0.15) is 26.2 Å². The van der Waals surface area contributed by atoms with Crippen LogP contribution in [0.5, 0.6) is 0 Å². The van der Waals surface area contributed by atoms with Crippen LogP contribution in [0.3, 0.4) is 0 Å². The summed E-state index contributed by atoms with van der Waals surface area (Å²) in [4.78, 5) is 0. The van der Waals surface area contributed by atoms with Crippen molar-refractivity contribution in [2.24, 2.45) is 0 Å². The average molecular weight is 198 g/mol. The van der Waals surface area contributed by atoms with Gasteiger partial charge in [-0.15, -0.1) is 6.58 Å². The Morgan fingerprint density at radius 2 is 2.07 bits per heavy atom. The maximum absolute atomic E-state index is 5.90. The van der Waals surface area contributed by atoms with Gasteiger partial charge in [0, 0.05) is 19.4 Å². The molecule has 2 fully saturated rings. The Bertz CT molecular complexity index is 217. The first-order valence-corrected chi connectivity index (χ1v) is 5.29. The molecule has 2 aliphatic heterocycles. The van der Waals surface area contributed by atoms with Crippen LogP contribution < -0.4 is 0 Å². The van der Waals surface area contributed by atoms with Crippen molar-refractivity contribution in [1.29, 1.82) is 0 Å². The summed E-state index contributed by atoms with van der Waals surface area (Å²) in [6.45, 7) is 7.28. The van der Waals surface area contributed by atoms with E-state index < -0.39 is 0 Å². The van der Waals surface area contributed by atoms with Gasteiger partial charge in [-0.25, -0.2) is 0 Å². The highest BCUT2D eigenvalue weighted by molar-refractivity contribution is 4.98. The van der Waals surface area contributed by atoms with Crippen LogP contribution in [0.25, 0.3) is 0 Å². The van der Waals surface area contributed by atoms with E-state index >= 15 is 0 Å². The zero-order chi connectivity index (χ0) is 10.0. The molecule has 0 aliphatic carbocycles. The molecule has 2 aliphatic rings. The molecule has 2 saturated heterocycles. The van der Waals surface area contributed by atoms with Crippen molar-refractivity contribution in [3.05, 3.63) is 12.7 Å².